The predicted octanol–water partition coefficient (Wildman–Crippen LogP) is 5.44. The third-order valence-electron chi connectivity index (χ3n) is 6.72. The fourth-order valence-electron chi connectivity index (χ4n) is 4.55. The molecule has 1 heterocycles. The van der Waals surface area contributed by atoms with Gasteiger partial charge in [-0.1, -0.05) is 38.1 Å². The highest BCUT2D eigenvalue weighted by atomic mass is 16.5. The standard InChI is InChI=1S/C31H36N2O7/c1-19(2)21-9-7-20(8-10-21)17-32-33-30(34)18-39-23-15-26(35-3)24-11-12-25(40-27(24)16-23)22-13-28(36-4)31(38-6)29(14-22)37-5/h7-10,13-17,19,25H,11-12,18H2,1-6H3,(H,33,34)/b32-17+. The molecule has 0 fully saturated rings. The Morgan fingerprint density at radius 3 is 2.25 bits per heavy atom. The minimum absolute atomic E-state index is 0.220. The molecule has 9 nitrogen and oxygen atoms in total. The first-order valence-electron chi connectivity index (χ1n) is 13.1. The molecule has 1 amide bonds. The Balaban J connectivity index is 1.43. The van der Waals surface area contributed by atoms with Crippen molar-refractivity contribution >= 4 is 12.1 Å². The Morgan fingerprint density at radius 1 is 0.975 bits per heavy atom. The number of hydrogen-bond acceptors (Lipinski definition) is 8. The van der Waals surface area contributed by atoms with Gasteiger partial charge in [0.2, 0.25) is 5.75 Å². The zero-order valence-corrected chi connectivity index (χ0v) is 23.8. The quantitative estimate of drug-likeness (QED) is 0.252. The molecule has 0 bridgehead atoms. The van der Waals surface area contributed by atoms with Crippen LogP contribution in [0.3, 0.4) is 0 Å². The van der Waals surface area contributed by atoms with E-state index in [1.54, 1.807) is 46.8 Å². The van der Waals surface area contributed by atoms with Gasteiger partial charge in [0, 0.05) is 17.7 Å². The maximum atomic E-state index is 12.4. The molecule has 3 aromatic rings. The number of hydrazone groups is 1. The van der Waals surface area contributed by atoms with Crippen molar-refractivity contribution < 1.29 is 33.2 Å². The molecular formula is C31H36N2O7. The topological polar surface area (TPSA) is 96.8 Å². The summed E-state index contributed by atoms with van der Waals surface area (Å²) in [5.41, 5.74) is 6.47. The molecule has 1 N–H and O–H groups in total. The molecule has 0 radical (unpaired) electrons. The molecule has 0 aliphatic carbocycles. The number of amides is 1. The normalized spacial score (nSPS) is 14.3. The van der Waals surface area contributed by atoms with Crippen LogP contribution in [0.4, 0.5) is 0 Å². The van der Waals surface area contributed by atoms with Crippen molar-refractivity contribution in [2.24, 2.45) is 5.10 Å². The highest BCUT2D eigenvalue weighted by Gasteiger charge is 2.27. The Morgan fingerprint density at radius 2 is 1.65 bits per heavy atom. The molecule has 3 aromatic carbocycles. The van der Waals surface area contributed by atoms with E-state index in [2.05, 4.69) is 36.5 Å². The van der Waals surface area contributed by atoms with Gasteiger partial charge >= 0.3 is 0 Å². The predicted molar refractivity (Wildman–Crippen MR) is 153 cm³/mol. The second-order valence-electron chi connectivity index (χ2n) is 9.61. The number of ether oxygens (including phenoxy) is 6. The van der Waals surface area contributed by atoms with Crippen LogP contribution < -0.4 is 33.8 Å². The second kappa shape index (κ2) is 13.1. The number of fused-ring (bicyclic) bond motifs is 1. The summed E-state index contributed by atoms with van der Waals surface area (Å²) < 4.78 is 34.2. The van der Waals surface area contributed by atoms with Crippen molar-refractivity contribution in [1.29, 1.82) is 0 Å². The van der Waals surface area contributed by atoms with E-state index >= 15 is 0 Å². The van der Waals surface area contributed by atoms with E-state index in [1.807, 2.05) is 24.3 Å². The lowest BCUT2D eigenvalue weighted by Gasteiger charge is -2.29. The summed E-state index contributed by atoms with van der Waals surface area (Å²) in [7, 11) is 6.33. The van der Waals surface area contributed by atoms with Gasteiger partial charge in [0.15, 0.2) is 18.1 Å². The molecule has 0 spiro atoms. The van der Waals surface area contributed by atoms with Gasteiger partial charge in [-0.05, 0) is 47.6 Å². The van der Waals surface area contributed by atoms with E-state index in [0.717, 1.165) is 29.5 Å². The third-order valence-corrected chi connectivity index (χ3v) is 6.72. The van der Waals surface area contributed by atoms with Gasteiger partial charge in [0.25, 0.3) is 5.91 Å². The van der Waals surface area contributed by atoms with Crippen LogP contribution in [0.2, 0.25) is 0 Å². The van der Waals surface area contributed by atoms with Crippen LogP contribution in [0.15, 0.2) is 53.6 Å². The van der Waals surface area contributed by atoms with Crippen LogP contribution in [0.25, 0.3) is 0 Å². The van der Waals surface area contributed by atoms with Crippen molar-refractivity contribution in [3.8, 4) is 34.5 Å². The van der Waals surface area contributed by atoms with E-state index in [-0.39, 0.29) is 18.6 Å². The molecule has 1 atom stereocenters. The van der Waals surface area contributed by atoms with Gasteiger partial charge in [-0.25, -0.2) is 5.43 Å². The van der Waals surface area contributed by atoms with Gasteiger partial charge in [0.1, 0.15) is 23.4 Å². The molecule has 40 heavy (non-hydrogen) atoms. The largest absolute Gasteiger partial charge is 0.496 e. The van der Waals surface area contributed by atoms with E-state index in [4.69, 9.17) is 28.4 Å². The van der Waals surface area contributed by atoms with Crippen molar-refractivity contribution in [1.82, 2.24) is 5.43 Å². The van der Waals surface area contributed by atoms with Crippen molar-refractivity contribution in [2.45, 2.75) is 38.7 Å². The SMILES string of the molecule is COc1cc(OCC(=O)N/N=C/c2ccc(C(C)C)cc2)cc2c1CCC(c1cc(OC)c(OC)c(OC)c1)O2. The number of hydrogen-bond donors (Lipinski definition) is 1. The average Bonchev–Trinajstić information content (AvgIpc) is 2.98. The van der Waals surface area contributed by atoms with Crippen LogP contribution in [-0.4, -0.2) is 47.2 Å². The molecule has 4 rings (SSSR count). The number of rotatable bonds is 11. The summed E-state index contributed by atoms with van der Waals surface area (Å²) in [5.74, 6) is 3.42. The smallest absolute Gasteiger partial charge is 0.277 e. The van der Waals surface area contributed by atoms with E-state index in [0.29, 0.717) is 40.4 Å². The minimum Gasteiger partial charge on any atom is -0.496 e. The fourth-order valence-corrected chi connectivity index (χ4v) is 4.55. The van der Waals surface area contributed by atoms with E-state index in [1.165, 1.54) is 5.56 Å². The average molecular weight is 549 g/mol. The van der Waals surface area contributed by atoms with Gasteiger partial charge in [0.05, 0.1) is 34.7 Å². The number of benzene rings is 3. The highest BCUT2D eigenvalue weighted by molar-refractivity contribution is 5.83. The third kappa shape index (κ3) is 6.59. The lowest BCUT2D eigenvalue weighted by atomic mass is 9.96. The number of nitrogens with zero attached hydrogens (tertiary/aromatic N) is 1. The maximum absolute atomic E-state index is 12.4. The summed E-state index contributed by atoms with van der Waals surface area (Å²) in [6.07, 6.45) is 2.80. The van der Waals surface area contributed by atoms with Gasteiger partial charge in [-0.2, -0.15) is 5.10 Å². The summed E-state index contributed by atoms with van der Waals surface area (Å²) in [4.78, 5) is 12.4. The highest BCUT2D eigenvalue weighted by Crippen LogP contribution is 2.45. The molecule has 9 heteroatoms. The lowest BCUT2D eigenvalue weighted by Crippen LogP contribution is -2.24. The summed E-state index contributed by atoms with van der Waals surface area (Å²) in [5, 5.41) is 4.03. The fraction of sp³-hybridized carbons (Fsp3) is 0.355. The first-order valence-corrected chi connectivity index (χ1v) is 13.1. The van der Waals surface area contributed by atoms with Crippen LogP contribution in [0.1, 0.15) is 54.5 Å². The monoisotopic (exact) mass is 548 g/mol. The molecule has 212 valence electrons. The van der Waals surface area contributed by atoms with E-state index < -0.39 is 0 Å². The molecule has 0 aromatic heterocycles. The van der Waals surface area contributed by atoms with Crippen molar-refractivity contribution in [3.05, 3.63) is 70.8 Å². The molecule has 1 aliphatic rings. The summed E-state index contributed by atoms with van der Waals surface area (Å²) in [6.45, 7) is 4.06. The second-order valence-corrected chi connectivity index (χ2v) is 9.61. The van der Waals surface area contributed by atoms with Crippen LogP contribution in [0.5, 0.6) is 34.5 Å². The number of nitrogens with one attached hydrogen (secondary N) is 1. The molecule has 1 aliphatic heterocycles. The van der Waals surface area contributed by atoms with Crippen LogP contribution >= 0.6 is 0 Å². The number of carbonyl (C=O) groups excluding carboxylic acids is 1. The Labute approximate surface area is 235 Å². The first-order chi connectivity index (χ1) is 19.4. The lowest BCUT2D eigenvalue weighted by molar-refractivity contribution is -0.123. The zero-order chi connectivity index (χ0) is 28.6. The minimum atomic E-state index is -0.386. The number of carbonyl (C=O) groups is 1. The van der Waals surface area contributed by atoms with Crippen molar-refractivity contribution in [2.75, 3.05) is 35.0 Å². The Bertz CT molecular complexity index is 1330. The van der Waals surface area contributed by atoms with E-state index in [9.17, 15) is 4.79 Å². The van der Waals surface area contributed by atoms with Crippen molar-refractivity contribution in [3.63, 3.8) is 0 Å². The molecule has 0 saturated carbocycles. The first kappa shape index (κ1) is 28.6. The summed E-state index contributed by atoms with van der Waals surface area (Å²) >= 11 is 0. The molecule has 1 unspecified atom stereocenters. The van der Waals surface area contributed by atoms with Crippen LogP contribution in [0, 0.1) is 0 Å². The molecule has 0 saturated heterocycles. The number of methoxy groups -OCH3 is 4. The van der Waals surface area contributed by atoms with Gasteiger partial charge in [-0.15, -0.1) is 0 Å². The van der Waals surface area contributed by atoms with Gasteiger partial charge in [-0.3, -0.25) is 4.79 Å². The maximum Gasteiger partial charge on any atom is 0.277 e. The molecular weight excluding hydrogens is 512 g/mol. The zero-order valence-electron chi connectivity index (χ0n) is 23.8. The van der Waals surface area contributed by atoms with Crippen LogP contribution in [-0.2, 0) is 11.2 Å². The Kier molecular flexibility index (Phi) is 9.37. The Hall–Kier alpha value is -4.40. The van der Waals surface area contributed by atoms with Gasteiger partial charge < -0.3 is 28.4 Å². The summed E-state index contributed by atoms with van der Waals surface area (Å²) in [6, 6.07) is 15.3.